The first-order valence-corrected chi connectivity index (χ1v) is 3.75. The molecule has 0 radical (unpaired) electrons. The van der Waals surface area contributed by atoms with Crippen LogP contribution in [0.15, 0.2) is 18.2 Å². The van der Waals surface area contributed by atoms with Crippen molar-refractivity contribution in [2.24, 2.45) is 0 Å². The minimum absolute atomic E-state index is 0.538. The monoisotopic (exact) mass is 166 g/mol. The molecule has 2 aromatic rings. The first kappa shape index (κ1) is 6.68. The Hall–Kier alpha value is -1.02. The predicted molar refractivity (Wildman–Crippen MR) is 45.8 cm³/mol. The average Bonchev–Trinajstić information content (AvgIpc) is 2.27. The lowest BCUT2D eigenvalue weighted by Crippen LogP contribution is -1.73. The molecule has 0 saturated heterocycles. The van der Waals surface area contributed by atoms with Gasteiger partial charge in [-0.3, -0.25) is 0 Å². The van der Waals surface area contributed by atoms with Crippen molar-refractivity contribution < 1.29 is 0 Å². The lowest BCUT2D eigenvalue weighted by Gasteiger charge is -1.87. The number of nitrogens with zero attached hydrogens (tertiary/aromatic N) is 1. The standard InChI is InChI=1S/C8H7ClN2/c1-5-4-7-6(10-5)2-3-8(9)11-7/h2-4,10H,1H3. The summed E-state index contributed by atoms with van der Waals surface area (Å²) in [6, 6.07) is 5.68. The van der Waals surface area contributed by atoms with Crippen molar-refractivity contribution in [2.75, 3.05) is 0 Å². The first-order chi connectivity index (χ1) is 5.25. The van der Waals surface area contributed by atoms with Crippen LogP contribution in [-0.2, 0) is 0 Å². The molecule has 0 aliphatic heterocycles. The van der Waals surface area contributed by atoms with E-state index in [1.54, 1.807) is 6.07 Å². The third kappa shape index (κ3) is 1.10. The van der Waals surface area contributed by atoms with E-state index >= 15 is 0 Å². The molecule has 0 fully saturated rings. The highest BCUT2D eigenvalue weighted by molar-refractivity contribution is 6.29. The van der Waals surface area contributed by atoms with Crippen molar-refractivity contribution in [1.82, 2.24) is 9.97 Å². The molecule has 11 heavy (non-hydrogen) atoms. The van der Waals surface area contributed by atoms with Gasteiger partial charge in [-0.2, -0.15) is 0 Å². The number of rotatable bonds is 0. The molecule has 0 saturated carbocycles. The van der Waals surface area contributed by atoms with Crippen molar-refractivity contribution in [2.45, 2.75) is 6.92 Å². The molecule has 0 aliphatic carbocycles. The second kappa shape index (κ2) is 2.24. The number of aromatic amines is 1. The number of fused-ring (bicyclic) bond motifs is 1. The lowest BCUT2D eigenvalue weighted by molar-refractivity contribution is 1.30. The Morgan fingerprint density at radius 3 is 3.09 bits per heavy atom. The molecular formula is C8H7ClN2. The van der Waals surface area contributed by atoms with Gasteiger partial charge in [-0.05, 0) is 25.1 Å². The second-order valence-corrected chi connectivity index (χ2v) is 2.91. The summed E-state index contributed by atoms with van der Waals surface area (Å²) in [6.07, 6.45) is 0. The second-order valence-electron chi connectivity index (χ2n) is 2.52. The number of H-pyrrole nitrogens is 1. The van der Waals surface area contributed by atoms with Crippen LogP contribution in [0.3, 0.4) is 0 Å². The van der Waals surface area contributed by atoms with Gasteiger partial charge in [-0.25, -0.2) is 4.98 Å². The van der Waals surface area contributed by atoms with E-state index in [4.69, 9.17) is 11.6 Å². The molecule has 2 aromatic heterocycles. The van der Waals surface area contributed by atoms with Gasteiger partial charge in [0, 0.05) is 5.69 Å². The van der Waals surface area contributed by atoms with Crippen LogP contribution in [-0.4, -0.2) is 9.97 Å². The smallest absolute Gasteiger partial charge is 0.129 e. The SMILES string of the molecule is Cc1cc2nc(Cl)ccc2[nH]1. The number of halogens is 1. The van der Waals surface area contributed by atoms with E-state index < -0.39 is 0 Å². The summed E-state index contributed by atoms with van der Waals surface area (Å²) in [5.41, 5.74) is 3.07. The van der Waals surface area contributed by atoms with E-state index in [0.29, 0.717) is 5.15 Å². The zero-order chi connectivity index (χ0) is 7.84. The van der Waals surface area contributed by atoms with Gasteiger partial charge in [-0.15, -0.1) is 0 Å². The van der Waals surface area contributed by atoms with Gasteiger partial charge in [0.1, 0.15) is 5.15 Å². The molecular weight excluding hydrogens is 160 g/mol. The van der Waals surface area contributed by atoms with Gasteiger partial charge < -0.3 is 4.98 Å². The molecule has 0 aliphatic rings. The highest BCUT2D eigenvalue weighted by Gasteiger charge is 1.97. The van der Waals surface area contributed by atoms with Crippen LogP contribution >= 0.6 is 11.6 Å². The van der Waals surface area contributed by atoms with E-state index in [2.05, 4.69) is 9.97 Å². The molecule has 0 bridgehead atoms. The fraction of sp³-hybridized carbons (Fsp3) is 0.125. The number of hydrogen-bond acceptors (Lipinski definition) is 1. The van der Waals surface area contributed by atoms with Crippen molar-refractivity contribution in [3.8, 4) is 0 Å². The minimum atomic E-state index is 0.538. The largest absolute Gasteiger partial charge is 0.357 e. The normalized spacial score (nSPS) is 10.7. The van der Waals surface area contributed by atoms with E-state index in [9.17, 15) is 0 Å². The highest BCUT2D eigenvalue weighted by Crippen LogP contribution is 2.15. The Morgan fingerprint density at radius 1 is 1.45 bits per heavy atom. The molecule has 0 aromatic carbocycles. The maximum atomic E-state index is 5.70. The maximum absolute atomic E-state index is 5.70. The lowest BCUT2D eigenvalue weighted by atomic mass is 10.4. The molecule has 0 unspecified atom stereocenters. The van der Waals surface area contributed by atoms with Gasteiger partial charge >= 0.3 is 0 Å². The van der Waals surface area contributed by atoms with Crippen LogP contribution in [0.4, 0.5) is 0 Å². The number of aryl methyl sites for hydroxylation is 1. The van der Waals surface area contributed by atoms with Crippen LogP contribution in [0.2, 0.25) is 5.15 Å². The zero-order valence-corrected chi connectivity index (χ0v) is 6.81. The highest BCUT2D eigenvalue weighted by atomic mass is 35.5. The zero-order valence-electron chi connectivity index (χ0n) is 6.06. The molecule has 3 heteroatoms. The third-order valence-corrected chi connectivity index (χ3v) is 1.79. The van der Waals surface area contributed by atoms with E-state index in [1.165, 1.54) is 0 Å². The Bertz CT molecular complexity index is 392. The fourth-order valence-electron chi connectivity index (χ4n) is 1.12. The quantitative estimate of drug-likeness (QED) is 0.599. The predicted octanol–water partition coefficient (Wildman–Crippen LogP) is 2.52. The maximum Gasteiger partial charge on any atom is 0.129 e. The minimum Gasteiger partial charge on any atom is -0.357 e. The van der Waals surface area contributed by atoms with Gasteiger partial charge in [0.15, 0.2) is 0 Å². The Balaban J connectivity index is 2.82. The summed E-state index contributed by atoms with van der Waals surface area (Å²) in [6.45, 7) is 2.00. The summed E-state index contributed by atoms with van der Waals surface area (Å²) < 4.78 is 0. The number of nitrogens with one attached hydrogen (secondary N) is 1. The molecule has 2 heterocycles. The molecule has 1 N–H and O–H groups in total. The average molecular weight is 167 g/mol. The Labute approximate surface area is 69.2 Å². The van der Waals surface area contributed by atoms with Crippen LogP contribution in [0.25, 0.3) is 11.0 Å². The van der Waals surface area contributed by atoms with E-state index in [1.807, 2.05) is 19.1 Å². The molecule has 0 atom stereocenters. The summed E-state index contributed by atoms with van der Waals surface area (Å²) in [5, 5.41) is 0.538. The van der Waals surface area contributed by atoms with Crippen molar-refractivity contribution >= 4 is 22.6 Å². The summed E-state index contributed by atoms with van der Waals surface area (Å²) in [7, 11) is 0. The van der Waals surface area contributed by atoms with E-state index in [0.717, 1.165) is 16.7 Å². The molecule has 0 spiro atoms. The van der Waals surface area contributed by atoms with E-state index in [-0.39, 0.29) is 0 Å². The van der Waals surface area contributed by atoms with Gasteiger partial charge in [0.2, 0.25) is 0 Å². The van der Waals surface area contributed by atoms with Crippen molar-refractivity contribution in [1.29, 1.82) is 0 Å². The molecule has 56 valence electrons. The molecule has 0 amide bonds. The summed E-state index contributed by atoms with van der Waals surface area (Å²) in [5.74, 6) is 0. The van der Waals surface area contributed by atoms with Gasteiger partial charge in [0.25, 0.3) is 0 Å². The topological polar surface area (TPSA) is 28.7 Å². The number of aromatic nitrogens is 2. The number of hydrogen-bond donors (Lipinski definition) is 1. The Morgan fingerprint density at radius 2 is 2.27 bits per heavy atom. The fourth-order valence-corrected chi connectivity index (χ4v) is 1.27. The summed E-state index contributed by atoms with van der Waals surface area (Å²) >= 11 is 5.70. The van der Waals surface area contributed by atoms with Crippen LogP contribution < -0.4 is 0 Å². The van der Waals surface area contributed by atoms with Crippen LogP contribution in [0.5, 0.6) is 0 Å². The molecule has 2 rings (SSSR count). The van der Waals surface area contributed by atoms with Crippen molar-refractivity contribution in [3.05, 3.63) is 29.0 Å². The third-order valence-electron chi connectivity index (χ3n) is 1.58. The Kier molecular flexibility index (Phi) is 1.36. The summed E-state index contributed by atoms with van der Waals surface area (Å²) in [4.78, 5) is 7.30. The van der Waals surface area contributed by atoms with Crippen molar-refractivity contribution in [3.63, 3.8) is 0 Å². The van der Waals surface area contributed by atoms with Gasteiger partial charge in [-0.1, -0.05) is 11.6 Å². The van der Waals surface area contributed by atoms with Gasteiger partial charge in [0.05, 0.1) is 11.0 Å². The van der Waals surface area contributed by atoms with Crippen LogP contribution in [0.1, 0.15) is 5.69 Å². The molecule has 2 nitrogen and oxygen atoms in total. The van der Waals surface area contributed by atoms with Crippen LogP contribution in [0, 0.1) is 6.92 Å². The number of pyridine rings is 1. The first-order valence-electron chi connectivity index (χ1n) is 3.37.